The van der Waals surface area contributed by atoms with Crippen LogP contribution >= 0.6 is 11.3 Å². The van der Waals surface area contributed by atoms with Gasteiger partial charge in [0, 0.05) is 30.6 Å². The number of nitrogens with zero attached hydrogens (tertiary/aromatic N) is 3. The van der Waals surface area contributed by atoms with Crippen LogP contribution in [-0.2, 0) is 23.3 Å². The predicted octanol–water partition coefficient (Wildman–Crippen LogP) is 7.39. The van der Waals surface area contributed by atoms with Gasteiger partial charge in [-0.2, -0.15) is 39.5 Å². The molecule has 0 atom stereocenters. The third-order valence-corrected chi connectivity index (χ3v) is 6.33. The van der Waals surface area contributed by atoms with E-state index in [2.05, 4.69) is 15.5 Å². The first-order chi connectivity index (χ1) is 18.8. The summed E-state index contributed by atoms with van der Waals surface area (Å²) in [6, 6.07) is 4.65. The monoisotopic (exact) mass is 612 g/mol. The summed E-state index contributed by atoms with van der Waals surface area (Å²) < 4.78 is 118. The summed E-state index contributed by atoms with van der Waals surface area (Å²) >= 11 is 0.854. The molecule has 0 saturated heterocycles. The van der Waals surface area contributed by atoms with Gasteiger partial charge < -0.3 is 10.2 Å². The molecule has 0 radical (unpaired) electrons. The van der Waals surface area contributed by atoms with Crippen LogP contribution in [0.25, 0.3) is 10.6 Å². The van der Waals surface area contributed by atoms with E-state index in [0.717, 1.165) is 28.4 Å². The van der Waals surface area contributed by atoms with E-state index in [9.17, 15) is 49.1 Å². The molecule has 1 aromatic heterocycles. The van der Waals surface area contributed by atoms with E-state index in [4.69, 9.17) is 0 Å². The average Bonchev–Trinajstić information content (AvgIpc) is 3.32. The smallest absolute Gasteiger partial charge is 0.338 e. The third kappa shape index (κ3) is 8.65. The summed E-state index contributed by atoms with van der Waals surface area (Å²) in [6.45, 7) is 2.92. The quantitative estimate of drug-likeness (QED) is 0.269. The molecule has 2 aromatic carbocycles. The highest BCUT2D eigenvalue weighted by molar-refractivity contribution is 7.18. The number of aromatic nitrogens is 2. The van der Waals surface area contributed by atoms with Crippen LogP contribution in [0.15, 0.2) is 42.5 Å². The number of alkyl halides is 9. The topological polar surface area (TPSA) is 75.2 Å². The second kappa shape index (κ2) is 12.0. The molecule has 0 aliphatic rings. The van der Waals surface area contributed by atoms with Crippen molar-refractivity contribution in [3.05, 3.63) is 64.7 Å². The molecule has 3 aromatic rings. The van der Waals surface area contributed by atoms with Crippen LogP contribution < -0.4 is 5.32 Å². The van der Waals surface area contributed by atoms with Crippen molar-refractivity contribution in [3.8, 4) is 10.6 Å². The average molecular weight is 613 g/mol. The van der Waals surface area contributed by atoms with E-state index in [-0.39, 0.29) is 35.2 Å². The number of rotatable bonds is 8. The summed E-state index contributed by atoms with van der Waals surface area (Å²) in [5.41, 5.74) is -4.67. The fraction of sp³-hybridized carbons (Fsp3) is 0.360. The number of nitrogens with one attached hydrogen (secondary N) is 1. The van der Waals surface area contributed by atoms with Gasteiger partial charge in [-0.3, -0.25) is 9.59 Å². The Balaban J connectivity index is 1.73. The van der Waals surface area contributed by atoms with E-state index < -0.39 is 59.0 Å². The Labute approximate surface area is 231 Å². The summed E-state index contributed by atoms with van der Waals surface area (Å²) in [7, 11) is 0. The Morgan fingerprint density at radius 2 is 1.37 bits per heavy atom. The van der Waals surface area contributed by atoms with Gasteiger partial charge in [-0.05, 0) is 36.2 Å². The molecule has 1 heterocycles. The summed E-state index contributed by atoms with van der Waals surface area (Å²) in [6.07, 6.45) is -15.2. The molecule has 1 N–H and O–H groups in total. The van der Waals surface area contributed by atoms with Gasteiger partial charge in [-0.15, -0.1) is 10.2 Å². The van der Waals surface area contributed by atoms with Crippen LogP contribution in [0.4, 0.5) is 44.6 Å². The Kier molecular flexibility index (Phi) is 9.35. The Morgan fingerprint density at radius 1 is 0.829 bits per heavy atom. The number of benzene rings is 2. The van der Waals surface area contributed by atoms with Gasteiger partial charge in [0.2, 0.25) is 11.0 Å². The van der Waals surface area contributed by atoms with Crippen LogP contribution in [0.5, 0.6) is 0 Å². The SMILES string of the molecule is CC(C)CN(CCC(=O)Nc1nnc(-c2ccc(C(F)(F)F)cc2)s1)C(=O)c1cc(C(F)(F)F)cc(C(F)(F)F)c1. The lowest BCUT2D eigenvalue weighted by atomic mass is 10.0. The highest BCUT2D eigenvalue weighted by Gasteiger charge is 2.38. The first-order valence-corrected chi connectivity index (χ1v) is 12.6. The molecule has 0 saturated carbocycles. The molecule has 2 amide bonds. The van der Waals surface area contributed by atoms with Crippen LogP contribution in [0, 0.1) is 5.92 Å². The predicted molar refractivity (Wildman–Crippen MR) is 131 cm³/mol. The molecule has 0 aliphatic carbocycles. The number of hydrogen-bond donors (Lipinski definition) is 1. The van der Waals surface area contributed by atoms with Crippen molar-refractivity contribution in [1.29, 1.82) is 0 Å². The summed E-state index contributed by atoms with van der Waals surface area (Å²) in [5.74, 6) is -2.06. The lowest BCUT2D eigenvalue weighted by Gasteiger charge is -2.25. The lowest BCUT2D eigenvalue weighted by molar-refractivity contribution is -0.143. The Hall–Kier alpha value is -3.69. The van der Waals surface area contributed by atoms with Gasteiger partial charge in [0.15, 0.2) is 0 Å². The second-order valence-electron chi connectivity index (χ2n) is 9.23. The number of anilines is 1. The largest absolute Gasteiger partial charge is 0.416 e. The molecule has 222 valence electrons. The number of carbonyl (C=O) groups is 2. The third-order valence-electron chi connectivity index (χ3n) is 5.45. The van der Waals surface area contributed by atoms with Crippen molar-refractivity contribution in [2.75, 3.05) is 18.4 Å². The molecule has 3 rings (SSSR count). The van der Waals surface area contributed by atoms with Crippen LogP contribution in [0.1, 0.15) is 47.3 Å². The van der Waals surface area contributed by atoms with Crippen LogP contribution in [0.3, 0.4) is 0 Å². The number of carbonyl (C=O) groups excluding carboxylic acids is 2. The van der Waals surface area contributed by atoms with E-state index in [1.165, 1.54) is 12.1 Å². The fourth-order valence-electron chi connectivity index (χ4n) is 3.59. The summed E-state index contributed by atoms with van der Waals surface area (Å²) in [5, 5.41) is 10.2. The molecule has 0 bridgehead atoms. The van der Waals surface area contributed by atoms with Crippen molar-refractivity contribution in [3.63, 3.8) is 0 Å². The van der Waals surface area contributed by atoms with Crippen LogP contribution in [-0.4, -0.2) is 40.0 Å². The first kappa shape index (κ1) is 31.8. The number of halogens is 9. The summed E-state index contributed by atoms with van der Waals surface area (Å²) in [4.78, 5) is 26.5. The maximum absolute atomic E-state index is 13.2. The minimum atomic E-state index is -5.14. The van der Waals surface area contributed by atoms with E-state index in [1.807, 2.05) is 0 Å². The Bertz CT molecular complexity index is 1350. The zero-order valence-corrected chi connectivity index (χ0v) is 22.0. The normalized spacial score (nSPS) is 12.5. The maximum Gasteiger partial charge on any atom is 0.416 e. The van der Waals surface area contributed by atoms with Gasteiger partial charge >= 0.3 is 18.5 Å². The van der Waals surface area contributed by atoms with Gasteiger partial charge in [0.1, 0.15) is 5.01 Å². The van der Waals surface area contributed by atoms with Crippen molar-refractivity contribution < 1.29 is 49.1 Å². The van der Waals surface area contributed by atoms with Gasteiger partial charge in [-0.25, -0.2) is 0 Å². The van der Waals surface area contributed by atoms with Gasteiger partial charge in [0.25, 0.3) is 5.91 Å². The minimum Gasteiger partial charge on any atom is -0.338 e. The molecule has 0 unspecified atom stereocenters. The second-order valence-corrected chi connectivity index (χ2v) is 10.2. The van der Waals surface area contributed by atoms with Crippen molar-refractivity contribution >= 4 is 28.3 Å². The van der Waals surface area contributed by atoms with Gasteiger partial charge in [-0.1, -0.05) is 37.3 Å². The van der Waals surface area contributed by atoms with Crippen molar-refractivity contribution in [1.82, 2.24) is 15.1 Å². The van der Waals surface area contributed by atoms with Crippen molar-refractivity contribution in [2.24, 2.45) is 5.92 Å². The number of hydrogen-bond acceptors (Lipinski definition) is 5. The molecule has 0 aliphatic heterocycles. The van der Waals surface area contributed by atoms with E-state index in [1.54, 1.807) is 13.8 Å². The number of amides is 2. The molecular formula is C25H21F9N4O2S. The zero-order valence-electron chi connectivity index (χ0n) is 21.2. The molecule has 0 fully saturated rings. The van der Waals surface area contributed by atoms with E-state index in [0.29, 0.717) is 17.7 Å². The lowest BCUT2D eigenvalue weighted by Crippen LogP contribution is -2.37. The zero-order chi connectivity index (χ0) is 30.8. The molecule has 6 nitrogen and oxygen atoms in total. The molecular weight excluding hydrogens is 591 g/mol. The fourth-order valence-corrected chi connectivity index (χ4v) is 4.35. The standard InChI is InChI=1S/C25H21F9N4O2S/c1-13(2)12-38(21(40)15-9-17(24(29,30)31)11-18(10-15)25(32,33)34)8-7-19(39)35-22-37-36-20(41-22)14-3-5-16(6-4-14)23(26,27)28/h3-6,9-11,13H,7-8,12H2,1-2H3,(H,35,37,39). The van der Waals surface area contributed by atoms with Gasteiger partial charge in [0.05, 0.1) is 16.7 Å². The molecule has 41 heavy (non-hydrogen) atoms. The first-order valence-electron chi connectivity index (χ1n) is 11.7. The maximum atomic E-state index is 13.2. The van der Waals surface area contributed by atoms with Crippen LogP contribution in [0.2, 0.25) is 0 Å². The minimum absolute atomic E-state index is 0.0145. The highest BCUT2D eigenvalue weighted by Crippen LogP contribution is 2.37. The van der Waals surface area contributed by atoms with Crippen molar-refractivity contribution in [2.45, 2.75) is 38.8 Å². The molecule has 16 heteroatoms. The van der Waals surface area contributed by atoms with E-state index >= 15 is 0 Å². The highest BCUT2D eigenvalue weighted by atomic mass is 32.1. The Morgan fingerprint density at radius 3 is 1.85 bits per heavy atom. The molecule has 0 spiro atoms.